The molecule has 1 aliphatic rings. The molecule has 2 nitrogen and oxygen atoms in total. The van der Waals surface area contributed by atoms with Crippen molar-refractivity contribution in [2.75, 3.05) is 20.3 Å². The zero-order valence-electron chi connectivity index (χ0n) is 5.72. The largest absolute Gasteiger partial charge is 0.383 e. The van der Waals surface area contributed by atoms with Gasteiger partial charge in [0.1, 0.15) is 0 Å². The predicted molar refractivity (Wildman–Crippen MR) is 40.1 cm³/mol. The molecule has 0 aromatic carbocycles. The van der Waals surface area contributed by atoms with Crippen LogP contribution < -0.4 is 5.32 Å². The molecule has 0 aromatic rings. The van der Waals surface area contributed by atoms with Crippen LogP contribution in [0.1, 0.15) is 12.8 Å². The highest BCUT2D eigenvalue weighted by Crippen LogP contribution is 2.03. The fourth-order valence-corrected chi connectivity index (χ4v) is 1.10. The van der Waals surface area contributed by atoms with Gasteiger partial charge in [0.25, 0.3) is 0 Å². The van der Waals surface area contributed by atoms with E-state index in [1.807, 2.05) is 0 Å². The van der Waals surface area contributed by atoms with Crippen LogP contribution in [0.3, 0.4) is 0 Å². The molecule has 56 valence electrons. The Hall–Kier alpha value is 0.210. The number of hydrogen-bond acceptors (Lipinski definition) is 2. The molecule has 0 amide bonds. The molecule has 1 unspecified atom stereocenters. The standard InChI is InChI=1S/C6H13NO.ClH/c1-8-5-6-3-2-4-7-6;/h6-7H,2-5H2,1H3;1H. The van der Waals surface area contributed by atoms with Crippen molar-refractivity contribution in [3.8, 4) is 0 Å². The Balaban J connectivity index is 0.000000640. The van der Waals surface area contributed by atoms with Gasteiger partial charge in [-0.05, 0) is 19.4 Å². The average molecular weight is 152 g/mol. The molecule has 1 rings (SSSR count). The summed E-state index contributed by atoms with van der Waals surface area (Å²) < 4.78 is 4.96. The summed E-state index contributed by atoms with van der Waals surface area (Å²) in [6.45, 7) is 2.05. The SMILES string of the molecule is COCC1CCCN1.Cl. The zero-order chi connectivity index (χ0) is 5.82. The lowest BCUT2D eigenvalue weighted by atomic mass is 10.2. The van der Waals surface area contributed by atoms with Crippen molar-refractivity contribution in [2.24, 2.45) is 0 Å². The van der Waals surface area contributed by atoms with E-state index in [-0.39, 0.29) is 12.4 Å². The summed E-state index contributed by atoms with van der Waals surface area (Å²) in [5.74, 6) is 0. The smallest absolute Gasteiger partial charge is 0.0615 e. The van der Waals surface area contributed by atoms with Crippen LogP contribution in [0.25, 0.3) is 0 Å². The van der Waals surface area contributed by atoms with Crippen molar-refractivity contribution in [1.29, 1.82) is 0 Å². The lowest BCUT2D eigenvalue weighted by Crippen LogP contribution is -2.25. The first-order chi connectivity index (χ1) is 3.93. The first kappa shape index (κ1) is 9.21. The Morgan fingerprint density at radius 3 is 2.89 bits per heavy atom. The lowest BCUT2D eigenvalue weighted by Gasteiger charge is -2.05. The van der Waals surface area contributed by atoms with Crippen LogP contribution in [0.15, 0.2) is 0 Å². The summed E-state index contributed by atoms with van der Waals surface area (Å²) in [6, 6.07) is 0.639. The van der Waals surface area contributed by atoms with E-state index in [1.165, 1.54) is 19.4 Å². The van der Waals surface area contributed by atoms with Gasteiger partial charge in [0.15, 0.2) is 0 Å². The number of ether oxygens (including phenoxy) is 1. The molecule has 0 spiro atoms. The third-order valence-electron chi connectivity index (χ3n) is 1.53. The second-order valence-electron chi connectivity index (χ2n) is 2.25. The van der Waals surface area contributed by atoms with Crippen LogP contribution in [-0.2, 0) is 4.74 Å². The average Bonchev–Trinajstić information content (AvgIpc) is 2.19. The summed E-state index contributed by atoms with van der Waals surface area (Å²) in [6.07, 6.45) is 2.60. The number of rotatable bonds is 2. The maximum absolute atomic E-state index is 4.96. The molecule has 1 fully saturated rings. The van der Waals surface area contributed by atoms with Crippen molar-refractivity contribution in [1.82, 2.24) is 5.32 Å². The number of nitrogens with one attached hydrogen (secondary N) is 1. The van der Waals surface area contributed by atoms with E-state index in [4.69, 9.17) is 4.74 Å². The molecule has 9 heavy (non-hydrogen) atoms. The van der Waals surface area contributed by atoms with Gasteiger partial charge < -0.3 is 10.1 Å². The molecule has 1 saturated heterocycles. The molecule has 0 radical (unpaired) electrons. The van der Waals surface area contributed by atoms with Crippen molar-refractivity contribution in [3.05, 3.63) is 0 Å². The minimum Gasteiger partial charge on any atom is -0.383 e. The third-order valence-corrected chi connectivity index (χ3v) is 1.53. The Labute approximate surface area is 62.4 Å². The molecule has 0 aliphatic carbocycles. The molecule has 0 aromatic heterocycles. The quantitative estimate of drug-likeness (QED) is 0.631. The molecular formula is C6H14ClNO. The molecule has 0 bridgehead atoms. The van der Waals surface area contributed by atoms with E-state index < -0.39 is 0 Å². The normalized spacial score (nSPS) is 25.7. The maximum atomic E-state index is 4.96. The van der Waals surface area contributed by atoms with Gasteiger partial charge >= 0.3 is 0 Å². The van der Waals surface area contributed by atoms with E-state index >= 15 is 0 Å². The second-order valence-corrected chi connectivity index (χ2v) is 2.25. The summed E-state index contributed by atoms with van der Waals surface area (Å²) >= 11 is 0. The summed E-state index contributed by atoms with van der Waals surface area (Å²) in [4.78, 5) is 0. The first-order valence-corrected chi connectivity index (χ1v) is 3.16. The van der Waals surface area contributed by atoms with Gasteiger partial charge in [-0.2, -0.15) is 0 Å². The highest BCUT2D eigenvalue weighted by molar-refractivity contribution is 5.85. The highest BCUT2D eigenvalue weighted by atomic mass is 35.5. The van der Waals surface area contributed by atoms with Crippen LogP contribution in [0.4, 0.5) is 0 Å². The Morgan fingerprint density at radius 2 is 2.44 bits per heavy atom. The molecule has 1 heterocycles. The minimum atomic E-state index is 0. The van der Waals surface area contributed by atoms with Gasteiger partial charge in [0.2, 0.25) is 0 Å². The van der Waals surface area contributed by atoms with E-state index in [0.29, 0.717) is 6.04 Å². The van der Waals surface area contributed by atoms with E-state index in [0.717, 1.165) is 6.61 Å². The van der Waals surface area contributed by atoms with E-state index in [2.05, 4.69) is 5.32 Å². The van der Waals surface area contributed by atoms with Crippen molar-refractivity contribution in [3.63, 3.8) is 0 Å². The first-order valence-electron chi connectivity index (χ1n) is 3.16. The zero-order valence-corrected chi connectivity index (χ0v) is 6.54. The van der Waals surface area contributed by atoms with Crippen molar-refractivity contribution < 1.29 is 4.74 Å². The second kappa shape index (κ2) is 5.03. The fraction of sp³-hybridized carbons (Fsp3) is 1.00. The van der Waals surface area contributed by atoms with Gasteiger partial charge in [-0.3, -0.25) is 0 Å². The molecular weight excluding hydrogens is 138 g/mol. The summed E-state index contributed by atoms with van der Waals surface area (Å²) in [5, 5.41) is 3.33. The Bertz CT molecular complexity index is 64.1. The monoisotopic (exact) mass is 151 g/mol. The number of halogens is 1. The third kappa shape index (κ3) is 3.04. The van der Waals surface area contributed by atoms with Crippen LogP contribution >= 0.6 is 12.4 Å². The summed E-state index contributed by atoms with van der Waals surface area (Å²) in [5.41, 5.74) is 0. The molecule has 3 heteroatoms. The Kier molecular flexibility index (Phi) is 5.15. The summed E-state index contributed by atoms with van der Waals surface area (Å²) in [7, 11) is 1.75. The highest BCUT2D eigenvalue weighted by Gasteiger charge is 2.11. The van der Waals surface area contributed by atoms with Gasteiger partial charge in [0.05, 0.1) is 6.61 Å². The van der Waals surface area contributed by atoms with Gasteiger partial charge in [-0.15, -0.1) is 12.4 Å². The lowest BCUT2D eigenvalue weighted by molar-refractivity contribution is 0.173. The molecule has 0 saturated carbocycles. The topological polar surface area (TPSA) is 21.3 Å². The van der Waals surface area contributed by atoms with Crippen LogP contribution in [0, 0.1) is 0 Å². The molecule has 1 aliphatic heterocycles. The van der Waals surface area contributed by atoms with Gasteiger partial charge in [-0.25, -0.2) is 0 Å². The fourth-order valence-electron chi connectivity index (χ4n) is 1.10. The van der Waals surface area contributed by atoms with Crippen LogP contribution in [0.5, 0.6) is 0 Å². The van der Waals surface area contributed by atoms with Crippen molar-refractivity contribution in [2.45, 2.75) is 18.9 Å². The predicted octanol–water partition coefficient (Wildman–Crippen LogP) is 0.807. The molecule has 1 atom stereocenters. The van der Waals surface area contributed by atoms with Crippen LogP contribution in [-0.4, -0.2) is 26.3 Å². The number of hydrogen-bond donors (Lipinski definition) is 1. The molecule has 1 N–H and O–H groups in total. The van der Waals surface area contributed by atoms with E-state index in [9.17, 15) is 0 Å². The van der Waals surface area contributed by atoms with E-state index in [1.54, 1.807) is 7.11 Å². The number of methoxy groups -OCH3 is 1. The maximum Gasteiger partial charge on any atom is 0.0615 e. The van der Waals surface area contributed by atoms with Gasteiger partial charge in [-0.1, -0.05) is 0 Å². The van der Waals surface area contributed by atoms with Crippen LogP contribution in [0.2, 0.25) is 0 Å². The minimum absolute atomic E-state index is 0. The Morgan fingerprint density at radius 1 is 1.67 bits per heavy atom. The van der Waals surface area contributed by atoms with Gasteiger partial charge in [0, 0.05) is 13.2 Å². The van der Waals surface area contributed by atoms with Crippen molar-refractivity contribution >= 4 is 12.4 Å².